The molecule has 8 heteroatoms. The van der Waals surface area contributed by atoms with Gasteiger partial charge in [-0.05, 0) is 43.9 Å². The zero-order valence-corrected chi connectivity index (χ0v) is 12.4. The number of nitrogens with one attached hydrogen (secondary N) is 1. The number of carbonyl (C=O) groups excluding carboxylic acids is 1. The lowest BCUT2D eigenvalue weighted by Crippen LogP contribution is -2.60. The van der Waals surface area contributed by atoms with Crippen LogP contribution < -0.4 is 10.1 Å². The van der Waals surface area contributed by atoms with Crippen LogP contribution in [0.1, 0.15) is 37.8 Å². The Balaban J connectivity index is 2.00. The highest BCUT2D eigenvalue weighted by Gasteiger charge is 2.61. The number of alkyl halides is 4. The summed E-state index contributed by atoms with van der Waals surface area (Å²) in [5, 5.41) is 11.8. The molecule has 1 aliphatic rings. The van der Waals surface area contributed by atoms with Gasteiger partial charge in [-0.3, -0.25) is 4.79 Å². The van der Waals surface area contributed by atoms with Gasteiger partial charge in [-0.25, -0.2) is 0 Å². The molecule has 4 nitrogen and oxygen atoms in total. The fourth-order valence-corrected chi connectivity index (χ4v) is 2.35. The first-order valence-electron chi connectivity index (χ1n) is 7.12. The van der Waals surface area contributed by atoms with Gasteiger partial charge in [0.1, 0.15) is 11.4 Å². The summed E-state index contributed by atoms with van der Waals surface area (Å²) < 4.78 is 56.2. The lowest BCUT2D eigenvalue weighted by atomic mass is 9.75. The zero-order valence-electron chi connectivity index (χ0n) is 12.4. The maximum absolute atomic E-state index is 14.0. The Morgan fingerprint density at radius 1 is 1.30 bits per heavy atom. The van der Waals surface area contributed by atoms with Crippen LogP contribution in [0.5, 0.6) is 5.75 Å². The fourth-order valence-electron chi connectivity index (χ4n) is 2.35. The molecule has 0 spiro atoms. The lowest BCUT2D eigenvalue weighted by molar-refractivity contribution is -0.216. The van der Waals surface area contributed by atoms with E-state index in [-0.39, 0.29) is 18.6 Å². The molecule has 0 saturated heterocycles. The van der Waals surface area contributed by atoms with Crippen LogP contribution >= 0.6 is 0 Å². The number of benzene rings is 1. The molecule has 0 aromatic heterocycles. The predicted molar refractivity (Wildman–Crippen MR) is 73.4 cm³/mol. The van der Waals surface area contributed by atoms with Gasteiger partial charge in [0.25, 0.3) is 5.91 Å². The van der Waals surface area contributed by atoms with E-state index in [1.54, 1.807) is 0 Å². The summed E-state index contributed by atoms with van der Waals surface area (Å²) in [7, 11) is 0. The summed E-state index contributed by atoms with van der Waals surface area (Å²) in [4.78, 5) is 11.8. The number of hydrogen-bond donors (Lipinski definition) is 2. The Bertz CT molecular complexity index is 558. The minimum absolute atomic E-state index is 0.0728. The molecule has 1 amide bonds. The van der Waals surface area contributed by atoms with Crippen molar-refractivity contribution in [2.45, 2.75) is 50.4 Å². The fraction of sp³-hybridized carbons (Fsp3) is 0.533. The maximum atomic E-state index is 14.0. The largest absolute Gasteiger partial charge is 0.435 e. The van der Waals surface area contributed by atoms with Gasteiger partial charge < -0.3 is 15.2 Å². The van der Waals surface area contributed by atoms with E-state index in [2.05, 4.69) is 10.1 Å². The molecule has 1 aliphatic carbocycles. The molecule has 23 heavy (non-hydrogen) atoms. The van der Waals surface area contributed by atoms with Crippen LogP contribution in [-0.4, -0.2) is 29.1 Å². The van der Waals surface area contributed by atoms with E-state index in [9.17, 15) is 27.5 Å². The van der Waals surface area contributed by atoms with Crippen LogP contribution in [0.3, 0.4) is 0 Å². The van der Waals surface area contributed by atoms with Gasteiger partial charge in [0.15, 0.2) is 0 Å². The molecule has 1 unspecified atom stereocenters. The van der Waals surface area contributed by atoms with Crippen LogP contribution in [0.15, 0.2) is 24.3 Å². The van der Waals surface area contributed by atoms with Gasteiger partial charge in [0.2, 0.25) is 0 Å². The Morgan fingerprint density at radius 3 is 2.30 bits per heavy atom. The third-order valence-electron chi connectivity index (χ3n) is 4.00. The van der Waals surface area contributed by atoms with Gasteiger partial charge in [-0.1, -0.05) is 12.1 Å². The molecule has 1 aromatic rings. The normalized spacial score (nSPS) is 18.2. The molecule has 0 radical (unpaired) electrons. The lowest BCUT2D eigenvalue weighted by Gasteiger charge is -2.41. The Kier molecular flexibility index (Phi) is 4.84. The molecular weight excluding hydrogens is 318 g/mol. The van der Waals surface area contributed by atoms with Gasteiger partial charge in [0.05, 0.1) is 6.04 Å². The highest BCUT2D eigenvalue weighted by Crippen LogP contribution is 2.44. The van der Waals surface area contributed by atoms with Crippen LogP contribution in [0.2, 0.25) is 0 Å². The van der Waals surface area contributed by atoms with Crippen molar-refractivity contribution >= 4 is 5.91 Å². The third kappa shape index (κ3) is 3.57. The maximum Gasteiger partial charge on any atom is 0.387 e. The van der Waals surface area contributed by atoms with Crippen LogP contribution in [0, 0.1) is 0 Å². The first kappa shape index (κ1) is 17.5. The SMILES string of the molecule is CC(NC(=O)C(F)(F)C1(O)CCC1)c1ccc(OC(F)F)cc1. The van der Waals surface area contributed by atoms with Crippen molar-refractivity contribution in [2.75, 3.05) is 0 Å². The van der Waals surface area contributed by atoms with Crippen molar-refractivity contribution < 1.29 is 32.2 Å². The van der Waals surface area contributed by atoms with E-state index < -0.39 is 30.1 Å². The number of amides is 1. The van der Waals surface area contributed by atoms with Crippen molar-refractivity contribution in [1.29, 1.82) is 0 Å². The predicted octanol–water partition coefficient (Wildman–Crippen LogP) is 3.02. The molecule has 0 aliphatic heterocycles. The average molecular weight is 335 g/mol. The number of rotatable bonds is 6. The molecule has 1 atom stereocenters. The van der Waals surface area contributed by atoms with Crippen LogP contribution in [0.25, 0.3) is 0 Å². The Labute approximate surface area is 130 Å². The molecule has 2 N–H and O–H groups in total. The number of carbonyl (C=O) groups is 1. The molecule has 1 saturated carbocycles. The smallest absolute Gasteiger partial charge is 0.387 e. The summed E-state index contributed by atoms with van der Waals surface area (Å²) in [6.07, 6.45) is 0.198. The monoisotopic (exact) mass is 335 g/mol. The number of halogens is 4. The van der Waals surface area contributed by atoms with E-state index >= 15 is 0 Å². The first-order chi connectivity index (χ1) is 10.7. The summed E-state index contributed by atoms with van der Waals surface area (Å²) >= 11 is 0. The van der Waals surface area contributed by atoms with E-state index in [0.717, 1.165) is 0 Å². The van der Waals surface area contributed by atoms with Crippen molar-refractivity contribution in [2.24, 2.45) is 0 Å². The topological polar surface area (TPSA) is 58.6 Å². The summed E-state index contributed by atoms with van der Waals surface area (Å²) in [6.45, 7) is -1.48. The minimum Gasteiger partial charge on any atom is -0.435 e. The van der Waals surface area contributed by atoms with Crippen molar-refractivity contribution in [3.63, 3.8) is 0 Å². The quantitative estimate of drug-likeness (QED) is 0.786. The van der Waals surface area contributed by atoms with E-state index in [4.69, 9.17) is 0 Å². The minimum atomic E-state index is -3.88. The summed E-state index contributed by atoms with van der Waals surface area (Å²) in [5.74, 6) is -5.50. The van der Waals surface area contributed by atoms with E-state index in [1.165, 1.54) is 31.2 Å². The molecule has 1 aromatic carbocycles. The van der Waals surface area contributed by atoms with E-state index in [0.29, 0.717) is 12.0 Å². The zero-order chi connectivity index (χ0) is 17.3. The number of ether oxygens (including phenoxy) is 1. The second-order valence-electron chi connectivity index (χ2n) is 5.60. The van der Waals surface area contributed by atoms with Gasteiger partial charge in [-0.2, -0.15) is 17.6 Å². The first-order valence-corrected chi connectivity index (χ1v) is 7.12. The van der Waals surface area contributed by atoms with Crippen LogP contribution in [0.4, 0.5) is 17.6 Å². The number of aliphatic hydroxyl groups is 1. The Morgan fingerprint density at radius 2 is 1.87 bits per heavy atom. The molecule has 0 heterocycles. The summed E-state index contributed by atoms with van der Waals surface area (Å²) in [6, 6.07) is 4.50. The second kappa shape index (κ2) is 6.35. The highest BCUT2D eigenvalue weighted by atomic mass is 19.3. The highest BCUT2D eigenvalue weighted by molar-refractivity contribution is 5.85. The summed E-state index contributed by atoms with van der Waals surface area (Å²) in [5.41, 5.74) is -1.84. The Hall–Kier alpha value is -1.83. The van der Waals surface area contributed by atoms with Gasteiger partial charge in [0, 0.05) is 0 Å². The standard InChI is InChI=1S/C15H17F4NO3/c1-9(10-3-5-11(6-4-10)23-13(16)17)20-12(21)15(18,19)14(22)7-2-8-14/h3-6,9,13,22H,2,7-8H2,1H3,(H,20,21). The van der Waals surface area contributed by atoms with Gasteiger partial charge >= 0.3 is 12.5 Å². The molecular formula is C15H17F4NO3. The molecule has 1 fully saturated rings. The van der Waals surface area contributed by atoms with Crippen LogP contribution in [-0.2, 0) is 4.79 Å². The number of hydrogen-bond acceptors (Lipinski definition) is 3. The molecule has 2 rings (SSSR count). The van der Waals surface area contributed by atoms with Crippen molar-refractivity contribution in [1.82, 2.24) is 5.32 Å². The third-order valence-corrected chi connectivity index (χ3v) is 4.00. The second-order valence-corrected chi connectivity index (χ2v) is 5.60. The van der Waals surface area contributed by atoms with Gasteiger partial charge in [-0.15, -0.1) is 0 Å². The molecule has 128 valence electrons. The van der Waals surface area contributed by atoms with E-state index in [1.807, 2.05) is 0 Å². The average Bonchev–Trinajstić information content (AvgIpc) is 2.44. The molecule has 0 bridgehead atoms. The van der Waals surface area contributed by atoms with Crippen molar-refractivity contribution in [3.8, 4) is 5.75 Å². The van der Waals surface area contributed by atoms with Crippen molar-refractivity contribution in [3.05, 3.63) is 29.8 Å².